The van der Waals surface area contributed by atoms with Crippen molar-refractivity contribution in [2.45, 2.75) is 0 Å². The third kappa shape index (κ3) is 3.43. The summed E-state index contributed by atoms with van der Waals surface area (Å²) in [6, 6.07) is 3.30. The summed E-state index contributed by atoms with van der Waals surface area (Å²) >= 11 is 17.0. The predicted octanol–water partition coefficient (Wildman–Crippen LogP) is 0.830. The Kier molecular flexibility index (Phi) is 8.42. The van der Waals surface area contributed by atoms with Gasteiger partial charge < -0.3 is 17.0 Å². The van der Waals surface area contributed by atoms with Gasteiger partial charge in [0.1, 0.15) is 0 Å². The summed E-state index contributed by atoms with van der Waals surface area (Å²) in [6.07, 6.45) is 0. The van der Waals surface area contributed by atoms with Gasteiger partial charge in [-0.25, -0.2) is 0 Å². The Morgan fingerprint density at radius 3 is 1.83 bits per heavy atom. The van der Waals surface area contributed by atoms with Crippen LogP contribution in [0.15, 0.2) is 12.1 Å². The molecule has 0 bridgehead atoms. The second-order valence-electron chi connectivity index (χ2n) is 1.82. The Hall–Kier alpha value is 1.06. The van der Waals surface area contributed by atoms with Crippen molar-refractivity contribution in [2.75, 3.05) is 0 Å². The quantitative estimate of drug-likeness (QED) is 0.373. The minimum absolute atomic E-state index is 0. The van der Waals surface area contributed by atoms with E-state index in [2.05, 4.69) is 6.92 Å². The first-order valence-corrected chi connectivity index (χ1v) is 3.72. The summed E-state index contributed by atoms with van der Waals surface area (Å²) in [6.45, 7) is 3.63. The summed E-state index contributed by atoms with van der Waals surface area (Å²) < 4.78 is 0. The van der Waals surface area contributed by atoms with Gasteiger partial charge in [0.2, 0.25) is 0 Å². The Balaban J connectivity index is 0. The van der Waals surface area contributed by atoms with E-state index in [0.717, 1.165) is 0 Å². The van der Waals surface area contributed by atoms with Crippen molar-refractivity contribution in [3.05, 3.63) is 39.7 Å². The number of halogens is 4. The van der Waals surface area contributed by atoms with E-state index in [0.29, 0.717) is 20.6 Å². The van der Waals surface area contributed by atoms with Crippen molar-refractivity contribution >= 4 is 34.8 Å². The van der Waals surface area contributed by atoms with E-state index >= 15 is 0 Å². The third-order valence-corrected chi connectivity index (χ3v) is 2.34. The number of hydrogen-bond donors (Lipinski definition) is 0. The molecule has 5 heteroatoms. The van der Waals surface area contributed by atoms with Crippen LogP contribution in [0.1, 0.15) is 5.56 Å². The Labute approximate surface area is 110 Å². The van der Waals surface area contributed by atoms with E-state index in [1.165, 1.54) is 0 Å². The molecule has 0 unspecified atom stereocenters. The molecule has 1 rings (SSSR count). The molecule has 0 spiro atoms. The van der Waals surface area contributed by atoms with E-state index in [9.17, 15) is 0 Å². The molecule has 0 aliphatic heterocycles. The van der Waals surface area contributed by atoms with Crippen LogP contribution in [0.4, 0.5) is 0 Å². The normalized spacial score (nSPS) is 8.25. The molecule has 0 radical (unpaired) electrons. The Bertz CT molecular complexity index is 238. The summed E-state index contributed by atoms with van der Waals surface area (Å²) in [5.41, 5.74) is 0.579. The van der Waals surface area contributed by atoms with Crippen molar-refractivity contribution < 1.29 is 36.5 Å². The van der Waals surface area contributed by atoms with Crippen LogP contribution in [0.3, 0.4) is 0 Å². The second kappa shape index (κ2) is 6.51. The summed E-state index contributed by atoms with van der Waals surface area (Å²) in [4.78, 5) is 0. The third-order valence-electron chi connectivity index (χ3n) is 1.14. The van der Waals surface area contributed by atoms with Gasteiger partial charge in [-0.1, -0.05) is 28.8 Å². The van der Waals surface area contributed by atoms with Gasteiger partial charge in [-0.05, 0) is 5.02 Å². The maximum absolute atomic E-state index is 5.70. The van der Waals surface area contributed by atoms with Crippen LogP contribution in [-0.4, -0.2) is 0 Å². The SMILES string of the molecule is [Br-].[CH2-]c1c(Cl)ccc(Cl)c1Cl.[Zn+2]. The first-order valence-electron chi connectivity index (χ1n) is 2.58. The molecule has 1 aromatic rings. The van der Waals surface area contributed by atoms with Crippen LogP contribution in [0.2, 0.25) is 15.1 Å². The van der Waals surface area contributed by atoms with Crippen molar-refractivity contribution in [3.8, 4) is 0 Å². The summed E-state index contributed by atoms with van der Waals surface area (Å²) in [7, 11) is 0. The zero-order valence-corrected chi connectivity index (χ0v) is 12.9. The van der Waals surface area contributed by atoms with Crippen LogP contribution in [0, 0.1) is 6.92 Å². The number of hydrogen-bond acceptors (Lipinski definition) is 0. The Morgan fingerprint density at radius 2 is 1.42 bits per heavy atom. The van der Waals surface area contributed by atoms with E-state index in [1.807, 2.05) is 0 Å². The van der Waals surface area contributed by atoms with Crippen molar-refractivity contribution in [2.24, 2.45) is 0 Å². The smallest absolute Gasteiger partial charge is 1.00 e. The molecule has 0 aromatic heterocycles. The fourth-order valence-corrected chi connectivity index (χ4v) is 1.12. The molecule has 0 nitrogen and oxygen atoms in total. The van der Waals surface area contributed by atoms with Gasteiger partial charge in [-0.3, -0.25) is 0 Å². The predicted molar refractivity (Wildman–Crippen MR) is 45.9 cm³/mol. The average Bonchev–Trinajstić information content (AvgIpc) is 1.93. The van der Waals surface area contributed by atoms with Crippen LogP contribution < -0.4 is 17.0 Å². The molecular weight excluding hydrogens is 336 g/mol. The van der Waals surface area contributed by atoms with Crippen molar-refractivity contribution in [3.63, 3.8) is 0 Å². The van der Waals surface area contributed by atoms with E-state index in [4.69, 9.17) is 34.8 Å². The molecule has 0 fully saturated rings. The summed E-state index contributed by atoms with van der Waals surface area (Å²) in [5.74, 6) is 0. The molecule has 12 heavy (non-hydrogen) atoms. The minimum Gasteiger partial charge on any atom is -1.00 e. The fraction of sp³-hybridized carbons (Fsp3) is 0. The molecule has 0 aliphatic rings. The van der Waals surface area contributed by atoms with Crippen molar-refractivity contribution in [1.29, 1.82) is 0 Å². The minimum atomic E-state index is 0. The van der Waals surface area contributed by atoms with Gasteiger partial charge in [0.15, 0.2) is 0 Å². The standard InChI is InChI=1S/C7H4Cl3.BrH.Zn/c1-4-5(8)2-3-6(9)7(4)10;;/h2-3H,1H2;1H;/q-1;;+2/p-1. The monoisotopic (exact) mass is 336 g/mol. The van der Waals surface area contributed by atoms with Crippen LogP contribution in [0.25, 0.3) is 0 Å². The largest absolute Gasteiger partial charge is 2.00 e. The van der Waals surface area contributed by atoms with Gasteiger partial charge >= 0.3 is 19.5 Å². The molecule has 1 aromatic carbocycles. The number of rotatable bonds is 0. The van der Waals surface area contributed by atoms with Gasteiger partial charge in [0, 0.05) is 5.02 Å². The fourth-order valence-electron chi connectivity index (χ4n) is 0.569. The van der Waals surface area contributed by atoms with Crippen molar-refractivity contribution in [1.82, 2.24) is 0 Å². The van der Waals surface area contributed by atoms with Crippen LogP contribution in [0.5, 0.6) is 0 Å². The number of benzene rings is 1. The van der Waals surface area contributed by atoms with Gasteiger partial charge in [-0.2, -0.15) is 35.7 Å². The maximum atomic E-state index is 5.70. The first-order chi connectivity index (χ1) is 4.63. The molecule has 0 aliphatic carbocycles. The molecular formula is C7H4BrCl3Zn. The Morgan fingerprint density at radius 1 is 1.00 bits per heavy atom. The maximum Gasteiger partial charge on any atom is 2.00 e. The summed E-state index contributed by atoms with van der Waals surface area (Å²) in [5, 5.41) is 1.44. The van der Waals surface area contributed by atoms with E-state index in [-0.39, 0.29) is 36.5 Å². The van der Waals surface area contributed by atoms with E-state index in [1.54, 1.807) is 12.1 Å². The second-order valence-corrected chi connectivity index (χ2v) is 3.01. The molecule has 62 valence electrons. The van der Waals surface area contributed by atoms with Gasteiger partial charge in [0.05, 0.1) is 0 Å². The zero-order valence-electron chi connectivity index (χ0n) is 6.08. The molecule has 0 N–H and O–H groups in total. The molecule has 0 saturated carbocycles. The first kappa shape index (κ1) is 15.5. The molecule has 0 heterocycles. The van der Waals surface area contributed by atoms with E-state index < -0.39 is 0 Å². The van der Waals surface area contributed by atoms with Gasteiger partial charge in [0.25, 0.3) is 0 Å². The van der Waals surface area contributed by atoms with Crippen LogP contribution in [-0.2, 0) is 19.5 Å². The van der Waals surface area contributed by atoms with Gasteiger partial charge in [-0.15, -0.1) is 0 Å². The molecule has 0 atom stereocenters. The zero-order chi connectivity index (χ0) is 7.72. The molecule has 0 saturated heterocycles. The average molecular weight is 340 g/mol. The van der Waals surface area contributed by atoms with Crippen LogP contribution >= 0.6 is 34.8 Å². The molecule has 0 amide bonds. The topological polar surface area (TPSA) is 0 Å².